The maximum atomic E-state index is 5.72. The van der Waals surface area contributed by atoms with E-state index in [0.29, 0.717) is 17.5 Å². The summed E-state index contributed by atoms with van der Waals surface area (Å²) in [7, 11) is 0. The first-order chi connectivity index (χ1) is 9.81. The van der Waals surface area contributed by atoms with Gasteiger partial charge in [-0.3, -0.25) is 0 Å². The first-order valence-electron chi connectivity index (χ1n) is 6.04. The van der Waals surface area contributed by atoms with E-state index in [2.05, 4.69) is 20.4 Å². The molecule has 2 heterocycles. The van der Waals surface area contributed by atoms with Gasteiger partial charge in [-0.25, -0.2) is 9.97 Å². The number of aromatic nitrogens is 3. The van der Waals surface area contributed by atoms with Crippen LogP contribution in [-0.2, 0) is 6.54 Å². The molecule has 1 N–H and O–H groups in total. The van der Waals surface area contributed by atoms with Crippen LogP contribution in [0.25, 0.3) is 11.3 Å². The van der Waals surface area contributed by atoms with Crippen LogP contribution >= 0.6 is 11.6 Å². The summed E-state index contributed by atoms with van der Waals surface area (Å²) in [6.07, 6.45) is 3.07. The Morgan fingerprint density at radius 1 is 1.10 bits per heavy atom. The van der Waals surface area contributed by atoms with Crippen molar-refractivity contribution in [2.75, 3.05) is 5.32 Å². The van der Waals surface area contributed by atoms with Crippen LogP contribution in [0.3, 0.4) is 0 Å². The van der Waals surface area contributed by atoms with Crippen molar-refractivity contribution in [2.24, 2.45) is 0 Å². The molecule has 3 rings (SSSR count). The average Bonchev–Trinajstić information content (AvgIpc) is 2.97. The molecule has 0 radical (unpaired) electrons. The van der Waals surface area contributed by atoms with Gasteiger partial charge in [-0.05, 0) is 0 Å². The van der Waals surface area contributed by atoms with E-state index in [0.717, 1.165) is 17.0 Å². The number of hydrogen-bond acceptors (Lipinski definition) is 5. The zero-order valence-electron chi connectivity index (χ0n) is 10.5. The van der Waals surface area contributed by atoms with Crippen molar-refractivity contribution in [3.63, 3.8) is 0 Å². The highest BCUT2D eigenvalue weighted by atomic mass is 35.5. The molecule has 1 aromatic carbocycles. The molecule has 0 aliphatic heterocycles. The lowest BCUT2D eigenvalue weighted by Gasteiger charge is -2.00. The van der Waals surface area contributed by atoms with Crippen LogP contribution in [0, 0.1) is 0 Å². The molecule has 100 valence electrons. The van der Waals surface area contributed by atoms with Crippen molar-refractivity contribution in [3.8, 4) is 11.3 Å². The van der Waals surface area contributed by atoms with E-state index < -0.39 is 0 Å². The molecule has 0 aliphatic rings. The van der Waals surface area contributed by atoms with E-state index in [1.807, 2.05) is 36.4 Å². The predicted molar refractivity (Wildman–Crippen MR) is 76.3 cm³/mol. The van der Waals surface area contributed by atoms with Gasteiger partial charge in [0.05, 0.1) is 24.0 Å². The summed E-state index contributed by atoms with van der Waals surface area (Å²) in [5.41, 5.74) is 1.77. The lowest BCUT2D eigenvalue weighted by molar-refractivity contribution is 0.424. The second-order valence-electron chi connectivity index (χ2n) is 4.13. The Labute approximate surface area is 120 Å². The van der Waals surface area contributed by atoms with Gasteiger partial charge >= 0.3 is 0 Å². The Morgan fingerprint density at radius 2 is 1.85 bits per heavy atom. The van der Waals surface area contributed by atoms with E-state index in [1.165, 1.54) is 12.4 Å². The summed E-state index contributed by atoms with van der Waals surface area (Å²) in [6.45, 7) is 0.484. The number of halogens is 1. The Hall–Kier alpha value is -2.40. The first kappa shape index (κ1) is 12.6. The number of nitrogens with one attached hydrogen (secondary N) is 1. The third-order valence-electron chi connectivity index (χ3n) is 2.67. The quantitative estimate of drug-likeness (QED) is 0.796. The molecule has 20 heavy (non-hydrogen) atoms. The third-order valence-corrected chi connectivity index (χ3v) is 2.86. The van der Waals surface area contributed by atoms with Gasteiger partial charge in [0, 0.05) is 11.6 Å². The molecule has 6 heteroatoms. The standard InChI is InChI=1S/C14H11ClN4O/c15-11-7-16-14(17-8-11)18-9-12-6-13(20-19-12)10-4-2-1-3-5-10/h1-8H,9H2,(H,16,17,18). The SMILES string of the molecule is Clc1cnc(NCc2cc(-c3ccccc3)on2)nc1. The molecule has 0 spiro atoms. The maximum Gasteiger partial charge on any atom is 0.223 e. The van der Waals surface area contributed by atoms with Crippen LogP contribution in [0.2, 0.25) is 5.02 Å². The highest BCUT2D eigenvalue weighted by molar-refractivity contribution is 6.30. The van der Waals surface area contributed by atoms with Gasteiger partial charge in [0.15, 0.2) is 5.76 Å². The van der Waals surface area contributed by atoms with Crippen LogP contribution in [-0.4, -0.2) is 15.1 Å². The minimum atomic E-state index is 0.484. The second-order valence-corrected chi connectivity index (χ2v) is 4.56. The fourth-order valence-electron chi connectivity index (χ4n) is 1.71. The zero-order chi connectivity index (χ0) is 13.8. The van der Waals surface area contributed by atoms with Crippen LogP contribution in [0.5, 0.6) is 0 Å². The molecule has 0 unspecified atom stereocenters. The molecule has 0 aliphatic carbocycles. The van der Waals surface area contributed by atoms with Gasteiger partial charge in [-0.15, -0.1) is 0 Å². The number of hydrogen-bond donors (Lipinski definition) is 1. The minimum absolute atomic E-state index is 0.484. The molecule has 0 atom stereocenters. The summed E-state index contributed by atoms with van der Waals surface area (Å²) in [6, 6.07) is 11.7. The van der Waals surface area contributed by atoms with Gasteiger partial charge in [-0.2, -0.15) is 0 Å². The fraction of sp³-hybridized carbons (Fsp3) is 0.0714. The summed E-state index contributed by atoms with van der Waals surface area (Å²) in [5, 5.41) is 7.56. The van der Waals surface area contributed by atoms with E-state index in [1.54, 1.807) is 0 Å². The molecule has 0 saturated heterocycles. The molecule has 5 nitrogen and oxygen atoms in total. The third kappa shape index (κ3) is 2.95. The van der Waals surface area contributed by atoms with E-state index in [9.17, 15) is 0 Å². The van der Waals surface area contributed by atoms with E-state index in [4.69, 9.17) is 16.1 Å². The number of benzene rings is 1. The molecular weight excluding hydrogens is 276 g/mol. The topological polar surface area (TPSA) is 63.8 Å². The lowest BCUT2D eigenvalue weighted by Crippen LogP contribution is -2.03. The van der Waals surface area contributed by atoms with Crippen molar-refractivity contribution in [1.82, 2.24) is 15.1 Å². The van der Waals surface area contributed by atoms with Gasteiger partial charge in [0.1, 0.15) is 5.69 Å². The Kier molecular flexibility index (Phi) is 3.60. The smallest absolute Gasteiger partial charge is 0.223 e. The van der Waals surface area contributed by atoms with Crippen molar-refractivity contribution in [2.45, 2.75) is 6.54 Å². The molecule has 0 fully saturated rings. The molecule has 3 aromatic rings. The molecule has 0 saturated carbocycles. The molecule has 0 bridgehead atoms. The zero-order valence-corrected chi connectivity index (χ0v) is 11.2. The fourth-order valence-corrected chi connectivity index (χ4v) is 1.80. The van der Waals surface area contributed by atoms with Crippen LogP contribution < -0.4 is 5.32 Å². The summed E-state index contributed by atoms with van der Waals surface area (Å²) < 4.78 is 5.31. The van der Waals surface area contributed by atoms with Crippen molar-refractivity contribution in [1.29, 1.82) is 0 Å². The van der Waals surface area contributed by atoms with Gasteiger partial charge < -0.3 is 9.84 Å². The van der Waals surface area contributed by atoms with Crippen LogP contribution in [0.15, 0.2) is 53.3 Å². The van der Waals surface area contributed by atoms with Crippen molar-refractivity contribution in [3.05, 3.63) is 59.5 Å². The largest absolute Gasteiger partial charge is 0.356 e. The van der Waals surface area contributed by atoms with E-state index in [-0.39, 0.29) is 0 Å². The van der Waals surface area contributed by atoms with Crippen molar-refractivity contribution < 1.29 is 4.52 Å². The maximum absolute atomic E-state index is 5.72. The van der Waals surface area contributed by atoms with E-state index >= 15 is 0 Å². The predicted octanol–water partition coefficient (Wildman–Crippen LogP) is 3.40. The summed E-state index contributed by atoms with van der Waals surface area (Å²) in [4.78, 5) is 8.09. The van der Waals surface area contributed by atoms with Gasteiger partial charge in [0.2, 0.25) is 5.95 Å². The van der Waals surface area contributed by atoms with Gasteiger partial charge in [0.25, 0.3) is 0 Å². The average molecular weight is 287 g/mol. The number of anilines is 1. The lowest BCUT2D eigenvalue weighted by atomic mass is 10.2. The molecular formula is C14H11ClN4O. The molecule has 2 aromatic heterocycles. The Balaban J connectivity index is 1.67. The summed E-state index contributed by atoms with van der Waals surface area (Å²) >= 11 is 5.72. The minimum Gasteiger partial charge on any atom is -0.356 e. The monoisotopic (exact) mass is 286 g/mol. The normalized spacial score (nSPS) is 10.4. The van der Waals surface area contributed by atoms with Crippen molar-refractivity contribution >= 4 is 17.5 Å². The Bertz CT molecular complexity index is 682. The number of rotatable bonds is 4. The second kappa shape index (κ2) is 5.71. The van der Waals surface area contributed by atoms with Crippen LogP contribution in [0.4, 0.5) is 5.95 Å². The Morgan fingerprint density at radius 3 is 2.60 bits per heavy atom. The van der Waals surface area contributed by atoms with Crippen LogP contribution in [0.1, 0.15) is 5.69 Å². The first-order valence-corrected chi connectivity index (χ1v) is 6.41. The molecule has 0 amide bonds. The summed E-state index contributed by atoms with van der Waals surface area (Å²) in [5.74, 6) is 1.23. The highest BCUT2D eigenvalue weighted by Crippen LogP contribution is 2.19. The van der Waals surface area contributed by atoms with Gasteiger partial charge in [-0.1, -0.05) is 47.1 Å². The number of nitrogens with zero attached hydrogens (tertiary/aromatic N) is 3. The highest BCUT2D eigenvalue weighted by Gasteiger charge is 2.06.